The molecule has 0 saturated carbocycles. The van der Waals surface area contributed by atoms with Crippen molar-refractivity contribution < 1.29 is 4.74 Å². The summed E-state index contributed by atoms with van der Waals surface area (Å²) in [5.41, 5.74) is 0. The van der Waals surface area contributed by atoms with Gasteiger partial charge in [-0.25, -0.2) is 0 Å². The molecule has 1 aromatic carbocycles. The lowest BCUT2D eigenvalue weighted by Crippen LogP contribution is -2.30. The molecule has 1 atom stereocenters. The Balaban J connectivity index is 0.00000128. The van der Waals surface area contributed by atoms with Gasteiger partial charge in [-0.05, 0) is 44.6 Å². The largest absolute Gasteiger partial charge is 0.492 e. The summed E-state index contributed by atoms with van der Waals surface area (Å²) in [4.78, 5) is 2.35. The number of rotatable bonds is 3. The van der Waals surface area contributed by atoms with Gasteiger partial charge in [0.05, 0.1) is 0 Å². The molecule has 1 saturated heterocycles. The lowest BCUT2D eigenvalue weighted by Gasteiger charge is -2.19. The van der Waals surface area contributed by atoms with E-state index in [0.29, 0.717) is 6.04 Å². The number of nitrogens with zero attached hydrogens (tertiary/aromatic N) is 1. The van der Waals surface area contributed by atoms with E-state index in [-0.39, 0.29) is 12.4 Å². The third-order valence-corrected chi connectivity index (χ3v) is 3.15. The molecule has 0 aliphatic carbocycles. The predicted octanol–water partition coefficient (Wildman–Crippen LogP) is 3.23. The van der Waals surface area contributed by atoms with E-state index < -0.39 is 0 Å². The van der Waals surface area contributed by atoms with E-state index in [1.54, 1.807) is 0 Å². The van der Waals surface area contributed by atoms with Gasteiger partial charge in [0.15, 0.2) is 0 Å². The Labute approximate surface area is 108 Å². The SMILES string of the molecule is CN1CCCC1COc1cccc(Cl)c1.Cl. The van der Waals surface area contributed by atoms with Crippen molar-refractivity contribution in [1.82, 2.24) is 4.90 Å². The van der Waals surface area contributed by atoms with Crippen molar-refractivity contribution in [3.8, 4) is 5.75 Å². The fraction of sp³-hybridized carbons (Fsp3) is 0.500. The summed E-state index contributed by atoms with van der Waals surface area (Å²) in [6.07, 6.45) is 2.51. The van der Waals surface area contributed by atoms with Crippen LogP contribution in [0.1, 0.15) is 12.8 Å². The molecule has 2 nitrogen and oxygen atoms in total. The van der Waals surface area contributed by atoms with Crippen LogP contribution in [0.2, 0.25) is 5.02 Å². The van der Waals surface area contributed by atoms with Crippen molar-refractivity contribution in [2.24, 2.45) is 0 Å². The number of ether oxygens (including phenoxy) is 1. The molecule has 1 unspecified atom stereocenters. The normalized spacial score (nSPS) is 20.5. The highest BCUT2D eigenvalue weighted by Gasteiger charge is 2.21. The summed E-state index contributed by atoms with van der Waals surface area (Å²) in [6.45, 7) is 1.94. The number of benzene rings is 1. The molecule has 0 radical (unpaired) electrons. The van der Waals surface area contributed by atoms with Gasteiger partial charge in [-0.15, -0.1) is 12.4 Å². The van der Waals surface area contributed by atoms with Crippen LogP contribution in [-0.4, -0.2) is 31.1 Å². The molecule has 1 heterocycles. The van der Waals surface area contributed by atoms with Crippen LogP contribution in [-0.2, 0) is 0 Å². The van der Waals surface area contributed by atoms with Crippen molar-refractivity contribution in [3.05, 3.63) is 29.3 Å². The lowest BCUT2D eigenvalue weighted by molar-refractivity contribution is 0.198. The Bertz CT molecular complexity index is 333. The first-order valence-corrected chi connectivity index (χ1v) is 5.72. The highest BCUT2D eigenvalue weighted by atomic mass is 35.5. The molecule has 2 rings (SSSR count). The molecule has 1 aromatic rings. The van der Waals surface area contributed by atoms with Crippen LogP contribution in [0.4, 0.5) is 0 Å². The van der Waals surface area contributed by atoms with Crippen LogP contribution in [0.15, 0.2) is 24.3 Å². The van der Waals surface area contributed by atoms with Gasteiger partial charge in [0.1, 0.15) is 12.4 Å². The van der Waals surface area contributed by atoms with Gasteiger partial charge in [0, 0.05) is 11.1 Å². The van der Waals surface area contributed by atoms with E-state index in [4.69, 9.17) is 16.3 Å². The molecule has 0 aromatic heterocycles. The summed E-state index contributed by atoms with van der Waals surface area (Å²) in [5.74, 6) is 0.864. The van der Waals surface area contributed by atoms with Gasteiger partial charge in [-0.1, -0.05) is 17.7 Å². The average molecular weight is 262 g/mol. The third-order valence-electron chi connectivity index (χ3n) is 2.91. The van der Waals surface area contributed by atoms with E-state index in [9.17, 15) is 0 Å². The van der Waals surface area contributed by atoms with Crippen LogP contribution in [0.3, 0.4) is 0 Å². The van der Waals surface area contributed by atoms with E-state index in [0.717, 1.165) is 17.4 Å². The van der Waals surface area contributed by atoms with Crippen LogP contribution < -0.4 is 4.74 Å². The Morgan fingerprint density at radius 1 is 1.50 bits per heavy atom. The fourth-order valence-electron chi connectivity index (χ4n) is 1.94. The standard InChI is InChI=1S/C12H16ClNO.ClH/c1-14-7-3-5-11(14)9-15-12-6-2-4-10(13)8-12;/h2,4,6,8,11H,3,5,7,9H2,1H3;1H. The molecule has 90 valence electrons. The number of hydrogen-bond donors (Lipinski definition) is 0. The van der Waals surface area contributed by atoms with Gasteiger partial charge in [0.2, 0.25) is 0 Å². The second-order valence-electron chi connectivity index (χ2n) is 4.05. The summed E-state index contributed by atoms with van der Waals surface area (Å²) in [5, 5.41) is 0.729. The highest BCUT2D eigenvalue weighted by Crippen LogP contribution is 2.20. The number of halogens is 2. The fourth-order valence-corrected chi connectivity index (χ4v) is 2.12. The Hall–Kier alpha value is -0.440. The lowest BCUT2D eigenvalue weighted by atomic mass is 10.2. The highest BCUT2D eigenvalue weighted by molar-refractivity contribution is 6.30. The maximum atomic E-state index is 5.88. The van der Waals surface area contributed by atoms with Gasteiger partial charge >= 0.3 is 0 Å². The molecular formula is C12H17Cl2NO. The molecule has 0 bridgehead atoms. The zero-order chi connectivity index (χ0) is 10.7. The molecule has 1 aliphatic rings. The van der Waals surface area contributed by atoms with Crippen LogP contribution in [0, 0.1) is 0 Å². The molecule has 1 aliphatic heterocycles. The van der Waals surface area contributed by atoms with Crippen LogP contribution in [0.5, 0.6) is 5.75 Å². The predicted molar refractivity (Wildman–Crippen MR) is 69.8 cm³/mol. The Morgan fingerprint density at radius 2 is 2.31 bits per heavy atom. The topological polar surface area (TPSA) is 12.5 Å². The average Bonchev–Trinajstić information content (AvgIpc) is 2.61. The number of likely N-dealkylation sites (N-methyl/N-ethyl adjacent to an activating group) is 1. The Morgan fingerprint density at radius 3 is 2.94 bits per heavy atom. The quantitative estimate of drug-likeness (QED) is 0.829. The number of likely N-dealkylation sites (tertiary alicyclic amines) is 1. The summed E-state index contributed by atoms with van der Waals surface area (Å²) in [7, 11) is 2.15. The van der Waals surface area contributed by atoms with Gasteiger partial charge in [-0.3, -0.25) is 0 Å². The van der Waals surface area contributed by atoms with Crippen molar-refractivity contribution in [1.29, 1.82) is 0 Å². The second kappa shape index (κ2) is 6.33. The minimum absolute atomic E-state index is 0. The molecule has 0 amide bonds. The molecular weight excluding hydrogens is 245 g/mol. The smallest absolute Gasteiger partial charge is 0.120 e. The van der Waals surface area contributed by atoms with Crippen molar-refractivity contribution in [2.45, 2.75) is 18.9 Å². The van der Waals surface area contributed by atoms with Crippen molar-refractivity contribution >= 4 is 24.0 Å². The molecule has 0 spiro atoms. The van der Waals surface area contributed by atoms with E-state index in [1.165, 1.54) is 19.4 Å². The molecule has 0 N–H and O–H groups in total. The second-order valence-corrected chi connectivity index (χ2v) is 4.48. The third kappa shape index (κ3) is 3.55. The van der Waals surface area contributed by atoms with Gasteiger partial charge in [0.25, 0.3) is 0 Å². The maximum Gasteiger partial charge on any atom is 0.120 e. The van der Waals surface area contributed by atoms with E-state index in [2.05, 4.69) is 11.9 Å². The minimum atomic E-state index is 0. The molecule has 1 fully saturated rings. The summed E-state index contributed by atoms with van der Waals surface area (Å²) in [6, 6.07) is 8.13. The first kappa shape index (κ1) is 13.6. The van der Waals surface area contributed by atoms with Crippen molar-refractivity contribution in [3.63, 3.8) is 0 Å². The molecule has 16 heavy (non-hydrogen) atoms. The zero-order valence-corrected chi connectivity index (χ0v) is 10.9. The van der Waals surface area contributed by atoms with Crippen LogP contribution >= 0.6 is 24.0 Å². The first-order valence-electron chi connectivity index (χ1n) is 5.34. The summed E-state index contributed by atoms with van der Waals surface area (Å²) < 4.78 is 5.72. The monoisotopic (exact) mass is 261 g/mol. The molecule has 4 heteroatoms. The zero-order valence-electron chi connectivity index (χ0n) is 9.36. The van der Waals surface area contributed by atoms with E-state index in [1.807, 2.05) is 24.3 Å². The van der Waals surface area contributed by atoms with Crippen molar-refractivity contribution in [2.75, 3.05) is 20.2 Å². The summed E-state index contributed by atoms with van der Waals surface area (Å²) >= 11 is 5.88. The van der Waals surface area contributed by atoms with Crippen LogP contribution in [0.25, 0.3) is 0 Å². The maximum absolute atomic E-state index is 5.88. The number of hydrogen-bond acceptors (Lipinski definition) is 2. The van der Waals surface area contributed by atoms with E-state index >= 15 is 0 Å². The van der Waals surface area contributed by atoms with Gasteiger partial charge < -0.3 is 9.64 Å². The minimum Gasteiger partial charge on any atom is -0.492 e. The van der Waals surface area contributed by atoms with Gasteiger partial charge in [-0.2, -0.15) is 0 Å². The Kier molecular flexibility index (Phi) is 5.39. The first-order chi connectivity index (χ1) is 7.25.